The molecule has 0 aliphatic carbocycles. The molecular weight excluding hydrogens is 239 g/mol. The summed E-state index contributed by atoms with van der Waals surface area (Å²) in [5.74, 6) is 0. The first-order valence-corrected chi connectivity index (χ1v) is 0.707. The van der Waals surface area contributed by atoms with Gasteiger partial charge in [-0.2, -0.15) is 6.92 Å². The first kappa shape index (κ1) is 67.7. The molecule has 0 aromatic heterocycles. The van der Waals surface area contributed by atoms with Crippen LogP contribution in [0.15, 0.2) is 0 Å². The average molecular weight is 253 g/mol. The van der Waals surface area contributed by atoms with Gasteiger partial charge in [0.05, 0.1) is 0 Å². The van der Waals surface area contributed by atoms with Crippen LogP contribution < -0.4 is 0 Å². The molecule has 0 N–H and O–H groups in total. The summed E-state index contributed by atoms with van der Waals surface area (Å²) in [5.41, 5.74) is 0. The summed E-state index contributed by atoms with van der Waals surface area (Å²) in [4.78, 5) is 0. The molecule has 0 spiro atoms. The van der Waals surface area contributed by atoms with Crippen LogP contribution in [0.3, 0.4) is 0 Å². The fraction of sp³-hybridized carbons (Fsp3) is 0.200. The van der Waals surface area contributed by atoms with Crippen LogP contribution in [0.25, 0.3) is 0 Å². The molecule has 0 radical (unpaired) electrons. The normalized spacial score (nSPS) is 1.00. The largest absolute Gasteiger partial charge is 4.00 e. The molecular formula is C5H14Hf. The summed E-state index contributed by atoms with van der Waals surface area (Å²) >= 11 is 0. The molecule has 1 heteroatoms. The second kappa shape index (κ2) is 184. The van der Waals surface area contributed by atoms with Crippen LogP contribution in [0.2, 0.25) is 0 Å². The summed E-state index contributed by atoms with van der Waals surface area (Å²) in [6, 6.07) is 0. The van der Waals surface area contributed by atoms with Crippen molar-refractivity contribution in [2.75, 3.05) is 0 Å². The Hall–Kier alpha value is 0.870. The maximum Gasteiger partial charge on any atom is 4.00 e. The van der Waals surface area contributed by atoms with Crippen molar-refractivity contribution in [2.24, 2.45) is 0 Å². The van der Waals surface area contributed by atoms with Gasteiger partial charge in [-0.1, -0.05) is 0 Å². The minimum absolute atomic E-state index is 0. The van der Waals surface area contributed by atoms with Gasteiger partial charge in [-0.3, -0.25) is 0 Å². The fourth-order valence-corrected chi connectivity index (χ4v) is 0. The van der Waals surface area contributed by atoms with Crippen LogP contribution in [0.5, 0.6) is 0 Å². The maximum atomic E-state index is 3.25. The van der Waals surface area contributed by atoms with E-state index in [4.69, 9.17) is 0 Å². The SMILES string of the molecule is [CH2-]C.[CH3-].[CH3-].[CH3-].[Hf+4]. The van der Waals surface area contributed by atoms with E-state index in [1.54, 1.807) is 6.92 Å². The van der Waals surface area contributed by atoms with Gasteiger partial charge in [-0.05, 0) is 0 Å². The molecule has 38 valence electrons. The number of rotatable bonds is 0. The Morgan fingerprint density at radius 3 is 0.833 bits per heavy atom. The molecule has 0 unspecified atom stereocenters. The Kier molecular flexibility index (Phi) is 2070. The summed E-state index contributed by atoms with van der Waals surface area (Å²) < 4.78 is 0. The topological polar surface area (TPSA) is 0 Å². The van der Waals surface area contributed by atoms with Crippen molar-refractivity contribution in [2.45, 2.75) is 6.92 Å². The van der Waals surface area contributed by atoms with E-state index < -0.39 is 0 Å². The predicted octanol–water partition coefficient (Wildman–Crippen LogP) is 2.19. The van der Waals surface area contributed by atoms with Gasteiger partial charge in [0.15, 0.2) is 0 Å². The first-order valence-electron chi connectivity index (χ1n) is 0.707. The van der Waals surface area contributed by atoms with Crippen molar-refractivity contribution in [1.82, 2.24) is 0 Å². The monoisotopic (exact) mass is 254 g/mol. The van der Waals surface area contributed by atoms with Gasteiger partial charge in [0, 0.05) is 0 Å². The molecule has 0 aromatic rings. The molecule has 0 rings (SSSR count). The zero-order chi connectivity index (χ0) is 2.00. The first-order chi connectivity index (χ1) is 1.00. The van der Waals surface area contributed by atoms with Gasteiger partial charge in [0.25, 0.3) is 0 Å². The quantitative estimate of drug-likeness (QED) is 0.458. The molecule has 0 atom stereocenters. The zero-order valence-corrected chi connectivity index (χ0v) is 8.80. The molecule has 0 nitrogen and oxygen atoms in total. The third-order valence-corrected chi connectivity index (χ3v) is 0. The Balaban J connectivity index is -0.000000000833. The summed E-state index contributed by atoms with van der Waals surface area (Å²) in [6.45, 7) is 5.00. The van der Waals surface area contributed by atoms with E-state index in [0.717, 1.165) is 0 Å². The molecule has 0 fully saturated rings. The van der Waals surface area contributed by atoms with Gasteiger partial charge in [-0.25, -0.2) is 0 Å². The average Bonchev–Trinajstić information content (AvgIpc) is 1.00. The Morgan fingerprint density at radius 2 is 0.833 bits per heavy atom. The van der Waals surface area contributed by atoms with Crippen molar-refractivity contribution in [3.05, 3.63) is 29.2 Å². The van der Waals surface area contributed by atoms with E-state index in [9.17, 15) is 0 Å². The van der Waals surface area contributed by atoms with Crippen LogP contribution in [-0.2, 0) is 25.8 Å². The van der Waals surface area contributed by atoms with Crippen LogP contribution in [0.1, 0.15) is 6.92 Å². The van der Waals surface area contributed by atoms with Crippen LogP contribution >= 0.6 is 0 Å². The Labute approximate surface area is 62.1 Å². The van der Waals surface area contributed by atoms with E-state index in [2.05, 4.69) is 6.92 Å². The van der Waals surface area contributed by atoms with E-state index in [1.807, 2.05) is 0 Å². The molecule has 6 heavy (non-hydrogen) atoms. The molecule has 0 saturated heterocycles. The van der Waals surface area contributed by atoms with E-state index in [0.29, 0.717) is 0 Å². The van der Waals surface area contributed by atoms with E-state index in [1.165, 1.54) is 0 Å². The van der Waals surface area contributed by atoms with Crippen LogP contribution in [0.4, 0.5) is 0 Å². The molecule has 0 amide bonds. The van der Waals surface area contributed by atoms with Crippen molar-refractivity contribution in [1.29, 1.82) is 0 Å². The molecule has 0 saturated carbocycles. The third-order valence-electron chi connectivity index (χ3n) is 0. The smallest absolute Gasteiger partial charge is 0.358 e. The maximum absolute atomic E-state index is 3.25. The van der Waals surface area contributed by atoms with E-state index >= 15 is 0 Å². The second-order valence-corrected chi connectivity index (χ2v) is 0. The molecule has 0 aliphatic heterocycles. The minimum Gasteiger partial charge on any atom is -0.358 e. The van der Waals surface area contributed by atoms with Gasteiger partial charge >= 0.3 is 25.8 Å². The second-order valence-electron chi connectivity index (χ2n) is 0. The zero-order valence-electron chi connectivity index (χ0n) is 5.21. The molecule has 0 aliphatic rings. The Morgan fingerprint density at radius 1 is 0.833 bits per heavy atom. The number of hydrogen-bond acceptors (Lipinski definition) is 0. The standard InChI is InChI=1S/C2H5.3CH3.Hf/c1-2;;;;/h1H2,2H3;3*1H3;/q4*-1;+4. The summed E-state index contributed by atoms with van der Waals surface area (Å²) in [5, 5.41) is 0. The van der Waals surface area contributed by atoms with E-state index in [-0.39, 0.29) is 48.1 Å². The van der Waals surface area contributed by atoms with Gasteiger partial charge in [0.1, 0.15) is 0 Å². The molecule has 0 aromatic carbocycles. The van der Waals surface area contributed by atoms with Crippen LogP contribution in [-0.4, -0.2) is 0 Å². The minimum atomic E-state index is 0. The van der Waals surface area contributed by atoms with Gasteiger partial charge in [0.2, 0.25) is 0 Å². The van der Waals surface area contributed by atoms with Crippen molar-refractivity contribution in [3.8, 4) is 0 Å². The number of hydrogen-bond donors (Lipinski definition) is 0. The van der Waals surface area contributed by atoms with Crippen molar-refractivity contribution in [3.63, 3.8) is 0 Å². The van der Waals surface area contributed by atoms with Gasteiger partial charge < -0.3 is 29.2 Å². The van der Waals surface area contributed by atoms with Crippen molar-refractivity contribution >= 4 is 0 Å². The third kappa shape index (κ3) is 96.3. The Bertz CT molecular complexity index is 3.90. The fourth-order valence-electron chi connectivity index (χ4n) is 0. The molecule has 0 heterocycles. The van der Waals surface area contributed by atoms with Crippen molar-refractivity contribution < 1.29 is 25.8 Å². The van der Waals surface area contributed by atoms with Crippen LogP contribution in [0, 0.1) is 29.2 Å². The van der Waals surface area contributed by atoms with Gasteiger partial charge in [-0.15, -0.1) is 0 Å². The molecule has 0 bridgehead atoms. The predicted molar refractivity (Wildman–Crippen MR) is 30.3 cm³/mol. The summed E-state index contributed by atoms with van der Waals surface area (Å²) in [6.07, 6.45) is 0. The summed E-state index contributed by atoms with van der Waals surface area (Å²) in [7, 11) is 0.